The molecule has 0 aliphatic rings. The van der Waals surface area contributed by atoms with Gasteiger partial charge in [0.1, 0.15) is 11.9 Å². The fourth-order valence-corrected chi connectivity index (χ4v) is 3.44. The molecule has 0 saturated carbocycles. The number of anilines is 1. The van der Waals surface area contributed by atoms with Gasteiger partial charge in [-0.05, 0) is 23.3 Å². The van der Waals surface area contributed by atoms with Crippen molar-refractivity contribution in [2.45, 2.75) is 6.10 Å². The highest BCUT2D eigenvalue weighted by atomic mass is 32.1. The van der Waals surface area contributed by atoms with Gasteiger partial charge in [-0.1, -0.05) is 72.8 Å². The second-order valence-electron chi connectivity index (χ2n) is 5.92. The van der Waals surface area contributed by atoms with Crippen LogP contribution < -0.4 is 10.5 Å². The van der Waals surface area contributed by atoms with Crippen molar-refractivity contribution in [3.05, 3.63) is 101 Å². The van der Waals surface area contributed by atoms with Gasteiger partial charge in [0.05, 0.1) is 5.69 Å². The number of nitrogen functional groups attached to an aromatic ring is 1. The third-order valence-corrected chi connectivity index (χ3v) is 4.78. The van der Waals surface area contributed by atoms with Crippen LogP contribution in [-0.4, -0.2) is 4.98 Å². The molecule has 26 heavy (non-hydrogen) atoms. The van der Waals surface area contributed by atoms with Crippen LogP contribution >= 0.6 is 11.3 Å². The van der Waals surface area contributed by atoms with E-state index in [0.717, 1.165) is 28.1 Å². The maximum absolute atomic E-state index is 6.40. The Balaban J connectivity index is 1.68. The molecule has 1 heterocycles. The molecular weight excluding hydrogens is 340 g/mol. The minimum absolute atomic E-state index is 0.173. The van der Waals surface area contributed by atoms with Crippen molar-refractivity contribution in [3.63, 3.8) is 0 Å². The molecule has 3 aromatic carbocycles. The monoisotopic (exact) mass is 358 g/mol. The van der Waals surface area contributed by atoms with Crippen LogP contribution in [0, 0.1) is 0 Å². The Morgan fingerprint density at radius 2 is 1.46 bits per heavy atom. The standard InChI is InChI=1S/C22H18N2OS/c23-22-24-20(15-26-22)18-12-7-13-19(14-18)25-21(16-8-3-1-4-9-16)17-10-5-2-6-11-17/h1-15,21H,(H2,23,24). The van der Waals surface area contributed by atoms with Crippen molar-refractivity contribution in [1.29, 1.82) is 0 Å². The molecule has 0 atom stereocenters. The first-order valence-corrected chi connectivity index (χ1v) is 9.25. The van der Waals surface area contributed by atoms with E-state index in [1.807, 2.05) is 66.0 Å². The maximum Gasteiger partial charge on any atom is 0.180 e. The molecule has 4 aromatic rings. The fraction of sp³-hybridized carbons (Fsp3) is 0.0455. The van der Waals surface area contributed by atoms with Gasteiger partial charge in [-0.3, -0.25) is 0 Å². The SMILES string of the molecule is Nc1nc(-c2cccc(OC(c3ccccc3)c3ccccc3)c2)cs1. The lowest BCUT2D eigenvalue weighted by Gasteiger charge is -2.20. The molecule has 2 N–H and O–H groups in total. The number of thiazole rings is 1. The number of nitrogens with two attached hydrogens (primary N) is 1. The van der Waals surface area contributed by atoms with Crippen LogP contribution in [0.5, 0.6) is 5.75 Å². The van der Waals surface area contributed by atoms with E-state index in [-0.39, 0.29) is 6.10 Å². The van der Waals surface area contributed by atoms with Crippen LogP contribution in [0.1, 0.15) is 17.2 Å². The van der Waals surface area contributed by atoms with Crippen LogP contribution in [0.4, 0.5) is 5.13 Å². The van der Waals surface area contributed by atoms with E-state index < -0.39 is 0 Å². The van der Waals surface area contributed by atoms with Gasteiger partial charge in [0.15, 0.2) is 5.13 Å². The van der Waals surface area contributed by atoms with E-state index in [9.17, 15) is 0 Å². The largest absolute Gasteiger partial charge is 0.481 e. The van der Waals surface area contributed by atoms with E-state index in [4.69, 9.17) is 10.5 Å². The van der Waals surface area contributed by atoms with Crippen molar-refractivity contribution < 1.29 is 4.74 Å². The zero-order chi connectivity index (χ0) is 17.8. The van der Waals surface area contributed by atoms with E-state index in [1.165, 1.54) is 11.3 Å². The Labute approximate surface area is 156 Å². The van der Waals surface area contributed by atoms with Gasteiger partial charge in [-0.2, -0.15) is 0 Å². The van der Waals surface area contributed by atoms with Crippen molar-refractivity contribution >= 4 is 16.5 Å². The number of nitrogens with zero attached hydrogens (tertiary/aromatic N) is 1. The molecule has 0 aliphatic heterocycles. The van der Waals surface area contributed by atoms with Gasteiger partial charge in [-0.15, -0.1) is 11.3 Å². The summed E-state index contributed by atoms with van der Waals surface area (Å²) in [5.41, 5.74) is 9.85. The Morgan fingerprint density at radius 1 is 0.808 bits per heavy atom. The fourth-order valence-electron chi connectivity index (χ4n) is 2.87. The number of ether oxygens (including phenoxy) is 1. The second-order valence-corrected chi connectivity index (χ2v) is 6.81. The highest BCUT2D eigenvalue weighted by Gasteiger charge is 2.16. The topological polar surface area (TPSA) is 48.1 Å². The summed E-state index contributed by atoms with van der Waals surface area (Å²) in [4.78, 5) is 4.36. The second kappa shape index (κ2) is 7.42. The van der Waals surface area contributed by atoms with Crippen LogP contribution in [0.25, 0.3) is 11.3 Å². The van der Waals surface area contributed by atoms with Crippen LogP contribution in [0.15, 0.2) is 90.3 Å². The maximum atomic E-state index is 6.40. The highest BCUT2D eigenvalue weighted by Crippen LogP contribution is 2.31. The normalized spacial score (nSPS) is 10.8. The first-order chi connectivity index (χ1) is 12.8. The summed E-state index contributed by atoms with van der Waals surface area (Å²) in [6.07, 6.45) is -0.173. The summed E-state index contributed by atoms with van der Waals surface area (Å²) in [6.45, 7) is 0. The molecular formula is C22H18N2OS. The smallest absolute Gasteiger partial charge is 0.180 e. The third-order valence-electron chi connectivity index (χ3n) is 4.11. The minimum Gasteiger partial charge on any atom is -0.481 e. The lowest BCUT2D eigenvalue weighted by atomic mass is 10.0. The first kappa shape index (κ1) is 16.4. The molecule has 0 saturated heterocycles. The Hall–Kier alpha value is -3.11. The molecule has 0 amide bonds. The molecule has 0 aliphatic carbocycles. The number of hydrogen-bond acceptors (Lipinski definition) is 4. The van der Waals surface area contributed by atoms with Crippen molar-refractivity contribution in [1.82, 2.24) is 4.98 Å². The van der Waals surface area contributed by atoms with Gasteiger partial charge in [0.25, 0.3) is 0 Å². The summed E-state index contributed by atoms with van der Waals surface area (Å²) in [5.74, 6) is 0.798. The Morgan fingerprint density at radius 3 is 2.04 bits per heavy atom. The van der Waals surface area contributed by atoms with E-state index in [0.29, 0.717) is 5.13 Å². The summed E-state index contributed by atoms with van der Waals surface area (Å²) in [6, 6.07) is 28.5. The quantitative estimate of drug-likeness (QED) is 0.508. The zero-order valence-electron chi connectivity index (χ0n) is 14.1. The summed E-state index contributed by atoms with van der Waals surface area (Å²) < 4.78 is 6.40. The van der Waals surface area contributed by atoms with E-state index in [2.05, 4.69) is 29.2 Å². The molecule has 4 heteroatoms. The van der Waals surface area contributed by atoms with Crippen LogP contribution in [0.3, 0.4) is 0 Å². The molecule has 1 aromatic heterocycles. The summed E-state index contributed by atoms with van der Waals surface area (Å²) in [7, 11) is 0. The molecule has 4 rings (SSSR count). The average molecular weight is 358 g/mol. The van der Waals surface area contributed by atoms with Crippen LogP contribution in [-0.2, 0) is 0 Å². The highest BCUT2D eigenvalue weighted by molar-refractivity contribution is 7.13. The number of rotatable bonds is 5. The van der Waals surface area contributed by atoms with Crippen molar-refractivity contribution in [2.75, 3.05) is 5.73 Å². The molecule has 128 valence electrons. The molecule has 0 spiro atoms. The number of hydrogen-bond donors (Lipinski definition) is 1. The molecule has 0 fully saturated rings. The van der Waals surface area contributed by atoms with Gasteiger partial charge in [0.2, 0.25) is 0 Å². The summed E-state index contributed by atoms with van der Waals surface area (Å²) in [5, 5.41) is 2.53. The Kier molecular flexibility index (Phi) is 4.67. The van der Waals surface area contributed by atoms with Crippen molar-refractivity contribution in [3.8, 4) is 17.0 Å². The predicted octanol–water partition coefficient (Wildman–Crippen LogP) is 5.56. The molecule has 0 radical (unpaired) electrons. The van der Waals surface area contributed by atoms with Gasteiger partial charge in [-0.25, -0.2) is 4.98 Å². The van der Waals surface area contributed by atoms with E-state index >= 15 is 0 Å². The van der Waals surface area contributed by atoms with Gasteiger partial charge >= 0.3 is 0 Å². The van der Waals surface area contributed by atoms with Gasteiger partial charge < -0.3 is 10.5 Å². The lowest BCUT2D eigenvalue weighted by molar-refractivity contribution is 0.247. The summed E-state index contributed by atoms with van der Waals surface area (Å²) >= 11 is 1.44. The van der Waals surface area contributed by atoms with E-state index in [1.54, 1.807) is 0 Å². The minimum atomic E-state index is -0.173. The molecule has 3 nitrogen and oxygen atoms in total. The lowest BCUT2D eigenvalue weighted by Crippen LogP contribution is -2.09. The predicted molar refractivity (Wildman–Crippen MR) is 107 cm³/mol. The first-order valence-electron chi connectivity index (χ1n) is 8.37. The third kappa shape index (κ3) is 3.60. The zero-order valence-corrected chi connectivity index (χ0v) is 14.9. The Bertz CT molecular complexity index is 944. The molecule has 0 bridgehead atoms. The molecule has 0 unspecified atom stereocenters. The average Bonchev–Trinajstić information content (AvgIpc) is 3.14. The number of benzene rings is 3. The van der Waals surface area contributed by atoms with Gasteiger partial charge in [0, 0.05) is 10.9 Å². The van der Waals surface area contributed by atoms with Crippen molar-refractivity contribution in [2.24, 2.45) is 0 Å². The number of aromatic nitrogens is 1. The van der Waals surface area contributed by atoms with Crippen LogP contribution in [0.2, 0.25) is 0 Å².